The van der Waals surface area contributed by atoms with Crippen molar-refractivity contribution in [3.05, 3.63) is 62.3 Å². The molecule has 2 nitrogen and oxygen atoms in total. The third-order valence-corrected chi connectivity index (χ3v) is 4.32. The highest BCUT2D eigenvalue weighted by Gasteiger charge is 2.14. The fraction of sp³-hybridized carbons (Fsp3) is 0.143. The van der Waals surface area contributed by atoms with E-state index in [2.05, 4.69) is 21.2 Å². The molecule has 0 aromatic heterocycles. The standard InChI is InChI=1S/C14H11BrCl2FNO/c15-11-6-9(2-4-12(11)16)19-14(7-20)10-3-1-8(18)5-13(10)17/h1-6,14,19-20H,7H2. The van der Waals surface area contributed by atoms with Gasteiger partial charge in [0.1, 0.15) is 5.82 Å². The molecule has 0 radical (unpaired) electrons. The molecule has 0 aliphatic heterocycles. The number of halogens is 4. The molecule has 0 saturated heterocycles. The number of benzene rings is 2. The Morgan fingerprint density at radius 3 is 2.50 bits per heavy atom. The van der Waals surface area contributed by atoms with Crippen molar-refractivity contribution < 1.29 is 9.50 Å². The highest BCUT2D eigenvalue weighted by Crippen LogP contribution is 2.30. The first-order valence-corrected chi connectivity index (χ1v) is 7.33. The van der Waals surface area contributed by atoms with Crippen LogP contribution in [0.2, 0.25) is 10.0 Å². The monoisotopic (exact) mass is 377 g/mol. The molecule has 0 aliphatic carbocycles. The van der Waals surface area contributed by atoms with E-state index in [0.717, 1.165) is 10.2 Å². The van der Waals surface area contributed by atoms with Crippen molar-refractivity contribution in [2.45, 2.75) is 6.04 Å². The summed E-state index contributed by atoms with van der Waals surface area (Å²) in [5, 5.41) is 13.5. The van der Waals surface area contributed by atoms with Crippen molar-refractivity contribution >= 4 is 44.8 Å². The molecule has 6 heteroatoms. The Hall–Kier alpha value is -0.810. The number of rotatable bonds is 4. The molecule has 2 aromatic carbocycles. The van der Waals surface area contributed by atoms with E-state index >= 15 is 0 Å². The molecule has 2 rings (SSSR count). The van der Waals surface area contributed by atoms with Crippen LogP contribution in [-0.4, -0.2) is 11.7 Å². The second-order valence-electron chi connectivity index (χ2n) is 4.17. The highest BCUT2D eigenvalue weighted by molar-refractivity contribution is 9.10. The average Bonchev–Trinajstić information content (AvgIpc) is 2.41. The van der Waals surface area contributed by atoms with E-state index in [4.69, 9.17) is 23.2 Å². The normalized spacial score (nSPS) is 12.2. The molecule has 20 heavy (non-hydrogen) atoms. The Morgan fingerprint density at radius 2 is 1.90 bits per heavy atom. The van der Waals surface area contributed by atoms with Crippen LogP contribution in [0.5, 0.6) is 0 Å². The SMILES string of the molecule is OCC(Nc1ccc(Cl)c(Br)c1)c1ccc(F)cc1Cl. The Morgan fingerprint density at radius 1 is 1.15 bits per heavy atom. The molecule has 0 bridgehead atoms. The van der Waals surface area contributed by atoms with Gasteiger partial charge in [-0.05, 0) is 51.8 Å². The number of hydrogen-bond acceptors (Lipinski definition) is 2. The maximum Gasteiger partial charge on any atom is 0.124 e. The van der Waals surface area contributed by atoms with E-state index in [-0.39, 0.29) is 11.6 Å². The van der Waals surface area contributed by atoms with Gasteiger partial charge in [0.15, 0.2) is 0 Å². The van der Waals surface area contributed by atoms with Gasteiger partial charge in [-0.15, -0.1) is 0 Å². The lowest BCUT2D eigenvalue weighted by molar-refractivity contribution is 0.276. The maximum atomic E-state index is 13.1. The molecular formula is C14H11BrCl2FNO. The molecule has 106 valence electrons. The van der Waals surface area contributed by atoms with E-state index in [9.17, 15) is 9.50 Å². The fourth-order valence-electron chi connectivity index (χ4n) is 1.79. The van der Waals surface area contributed by atoms with Crippen molar-refractivity contribution in [3.8, 4) is 0 Å². The zero-order valence-electron chi connectivity index (χ0n) is 10.2. The number of aliphatic hydroxyl groups is 1. The second-order valence-corrected chi connectivity index (χ2v) is 5.84. The summed E-state index contributed by atoms with van der Waals surface area (Å²) in [4.78, 5) is 0. The minimum atomic E-state index is -0.434. The largest absolute Gasteiger partial charge is 0.394 e. The minimum Gasteiger partial charge on any atom is -0.394 e. The van der Waals surface area contributed by atoms with Crippen molar-refractivity contribution in [1.29, 1.82) is 0 Å². The summed E-state index contributed by atoms with van der Waals surface area (Å²) in [5.41, 5.74) is 1.39. The van der Waals surface area contributed by atoms with Crippen molar-refractivity contribution in [1.82, 2.24) is 0 Å². The predicted molar refractivity (Wildman–Crippen MR) is 84.0 cm³/mol. The topological polar surface area (TPSA) is 32.3 Å². The van der Waals surface area contributed by atoms with Gasteiger partial charge in [0, 0.05) is 15.2 Å². The van der Waals surface area contributed by atoms with Crippen LogP contribution < -0.4 is 5.32 Å². The molecule has 0 amide bonds. The Kier molecular flexibility index (Phi) is 5.27. The Bertz CT molecular complexity index is 624. The van der Waals surface area contributed by atoms with Crippen LogP contribution in [0, 0.1) is 5.82 Å². The van der Waals surface area contributed by atoms with Crippen LogP contribution in [-0.2, 0) is 0 Å². The Labute approximate surface area is 134 Å². The maximum absolute atomic E-state index is 13.1. The van der Waals surface area contributed by atoms with Gasteiger partial charge in [0.05, 0.1) is 17.7 Å². The second kappa shape index (κ2) is 6.76. The lowest BCUT2D eigenvalue weighted by Crippen LogP contribution is -2.15. The molecule has 0 heterocycles. The molecule has 0 aliphatic rings. The van der Waals surface area contributed by atoms with E-state index in [0.29, 0.717) is 10.6 Å². The summed E-state index contributed by atoms with van der Waals surface area (Å²) in [5.74, 6) is -0.412. The first-order chi connectivity index (χ1) is 9.51. The van der Waals surface area contributed by atoms with E-state index in [1.807, 2.05) is 0 Å². The number of aliphatic hydroxyl groups excluding tert-OH is 1. The molecule has 0 saturated carbocycles. The molecule has 0 spiro atoms. The molecular weight excluding hydrogens is 368 g/mol. The summed E-state index contributed by atoms with van der Waals surface area (Å²) in [7, 11) is 0. The molecule has 2 aromatic rings. The number of anilines is 1. The van der Waals surface area contributed by atoms with Crippen LogP contribution in [0.15, 0.2) is 40.9 Å². The van der Waals surface area contributed by atoms with Crippen molar-refractivity contribution in [2.24, 2.45) is 0 Å². The van der Waals surface area contributed by atoms with E-state index in [1.165, 1.54) is 12.1 Å². The first kappa shape index (κ1) is 15.6. The lowest BCUT2D eigenvalue weighted by Gasteiger charge is -2.19. The molecule has 0 fully saturated rings. The van der Waals surface area contributed by atoms with Gasteiger partial charge >= 0.3 is 0 Å². The quantitative estimate of drug-likeness (QED) is 0.780. The van der Waals surface area contributed by atoms with Gasteiger partial charge < -0.3 is 10.4 Å². The van der Waals surface area contributed by atoms with Gasteiger partial charge in [-0.1, -0.05) is 29.3 Å². The van der Waals surface area contributed by atoms with Gasteiger partial charge in [-0.3, -0.25) is 0 Å². The van der Waals surface area contributed by atoms with Crippen LogP contribution in [0.1, 0.15) is 11.6 Å². The van der Waals surface area contributed by atoms with Crippen molar-refractivity contribution in [3.63, 3.8) is 0 Å². The number of nitrogens with one attached hydrogen (secondary N) is 1. The number of hydrogen-bond donors (Lipinski definition) is 2. The van der Waals surface area contributed by atoms with E-state index < -0.39 is 11.9 Å². The Balaban J connectivity index is 2.26. The van der Waals surface area contributed by atoms with Gasteiger partial charge in [-0.2, -0.15) is 0 Å². The summed E-state index contributed by atoms with van der Waals surface area (Å²) in [6.07, 6.45) is 0. The molecule has 1 atom stereocenters. The van der Waals surface area contributed by atoms with Crippen LogP contribution in [0.3, 0.4) is 0 Å². The van der Waals surface area contributed by atoms with Crippen molar-refractivity contribution in [2.75, 3.05) is 11.9 Å². The third kappa shape index (κ3) is 3.64. The first-order valence-electron chi connectivity index (χ1n) is 5.78. The van der Waals surface area contributed by atoms with Crippen LogP contribution in [0.4, 0.5) is 10.1 Å². The highest BCUT2D eigenvalue weighted by atomic mass is 79.9. The smallest absolute Gasteiger partial charge is 0.124 e. The van der Waals surface area contributed by atoms with Gasteiger partial charge in [-0.25, -0.2) is 4.39 Å². The summed E-state index contributed by atoms with van der Waals surface area (Å²) in [6, 6.07) is 8.96. The van der Waals surface area contributed by atoms with E-state index in [1.54, 1.807) is 24.3 Å². The van der Waals surface area contributed by atoms with Crippen LogP contribution >= 0.6 is 39.1 Å². The molecule has 1 unspecified atom stereocenters. The summed E-state index contributed by atoms with van der Waals surface area (Å²) < 4.78 is 13.8. The van der Waals surface area contributed by atoms with Gasteiger partial charge in [0.2, 0.25) is 0 Å². The summed E-state index contributed by atoms with van der Waals surface area (Å²) in [6.45, 7) is -0.175. The zero-order valence-corrected chi connectivity index (χ0v) is 13.3. The van der Waals surface area contributed by atoms with Gasteiger partial charge in [0.25, 0.3) is 0 Å². The minimum absolute atomic E-state index is 0.175. The third-order valence-electron chi connectivity index (χ3n) is 2.78. The fourth-order valence-corrected chi connectivity index (χ4v) is 2.59. The summed E-state index contributed by atoms with van der Waals surface area (Å²) >= 11 is 15.3. The zero-order chi connectivity index (χ0) is 14.7. The van der Waals surface area contributed by atoms with Crippen LogP contribution in [0.25, 0.3) is 0 Å². The predicted octanol–water partition coefficient (Wildman–Crippen LogP) is 5.04. The average molecular weight is 379 g/mol. The molecule has 2 N–H and O–H groups in total. The lowest BCUT2D eigenvalue weighted by atomic mass is 10.1.